The summed E-state index contributed by atoms with van der Waals surface area (Å²) < 4.78 is 0. The largest absolute Gasteiger partial charge is 0.336 e. The molecule has 106 valence electrons. The van der Waals surface area contributed by atoms with Gasteiger partial charge in [-0.15, -0.1) is 0 Å². The van der Waals surface area contributed by atoms with Crippen LogP contribution in [0.15, 0.2) is 24.3 Å². The Morgan fingerprint density at radius 3 is 2.30 bits per heavy atom. The molecule has 4 nitrogen and oxygen atoms in total. The number of carbonyl (C=O) groups excluding carboxylic acids is 1. The van der Waals surface area contributed by atoms with Crippen LogP contribution in [0, 0.1) is 11.3 Å². The molecular weight excluding hydrogens is 250 g/mol. The molecule has 1 aliphatic rings. The first-order chi connectivity index (χ1) is 9.61. The predicted molar refractivity (Wildman–Crippen MR) is 78.4 cm³/mol. The fourth-order valence-electron chi connectivity index (χ4n) is 2.48. The number of piperazine rings is 1. The van der Waals surface area contributed by atoms with Gasteiger partial charge in [-0.2, -0.15) is 5.26 Å². The van der Waals surface area contributed by atoms with Crippen molar-refractivity contribution in [2.45, 2.75) is 26.3 Å². The van der Waals surface area contributed by atoms with Crippen LogP contribution in [0.1, 0.15) is 29.8 Å². The lowest BCUT2D eigenvalue weighted by Gasteiger charge is -2.37. The Balaban J connectivity index is 1.97. The summed E-state index contributed by atoms with van der Waals surface area (Å²) in [6.07, 6.45) is 0.390. The van der Waals surface area contributed by atoms with Crippen LogP contribution in [0.3, 0.4) is 0 Å². The third kappa shape index (κ3) is 3.37. The Morgan fingerprint density at radius 1 is 1.20 bits per heavy atom. The molecule has 20 heavy (non-hydrogen) atoms. The van der Waals surface area contributed by atoms with E-state index in [1.54, 1.807) is 0 Å². The number of rotatable bonds is 3. The SMILES string of the molecule is CC(C)N1CCN(C(=O)c2ccc(CC#N)cc2)CC1. The van der Waals surface area contributed by atoms with Crippen LogP contribution in [0.5, 0.6) is 0 Å². The zero-order valence-corrected chi connectivity index (χ0v) is 12.2. The molecule has 1 amide bonds. The predicted octanol–water partition coefficient (Wildman–Crippen LogP) is 1.92. The van der Waals surface area contributed by atoms with Crippen LogP contribution >= 0.6 is 0 Å². The van der Waals surface area contributed by atoms with E-state index in [2.05, 4.69) is 24.8 Å². The Kier molecular flexibility index (Phi) is 4.75. The highest BCUT2D eigenvalue weighted by atomic mass is 16.2. The molecule has 1 heterocycles. The zero-order chi connectivity index (χ0) is 14.5. The van der Waals surface area contributed by atoms with Gasteiger partial charge in [-0.05, 0) is 31.5 Å². The van der Waals surface area contributed by atoms with E-state index < -0.39 is 0 Å². The molecule has 1 aromatic rings. The van der Waals surface area contributed by atoms with Crippen molar-refractivity contribution in [1.82, 2.24) is 9.80 Å². The maximum absolute atomic E-state index is 12.4. The maximum atomic E-state index is 12.4. The minimum Gasteiger partial charge on any atom is -0.336 e. The van der Waals surface area contributed by atoms with Gasteiger partial charge in [-0.1, -0.05) is 12.1 Å². The molecule has 1 aliphatic heterocycles. The second-order valence-electron chi connectivity index (χ2n) is 5.45. The van der Waals surface area contributed by atoms with E-state index in [1.807, 2.05) is 29.2 Å². The standard InChI is InChI=1S/C16H21N3O/c1-13(2)18-9-11-19(12-10-18)16(20)15-5-3-14(4-6-15)7-8-17/h3-6,13H,7,9-12H2,1-2H3. The van der Waals surface area contributed by atoms with Crippen molar-refractivity contribution in [3.63, 3.8) is 0 Å². The molecule has 1 aromatic carbocycles. The highest BCUT2D eigenvalue weighted by Gasteiger charge is 2.23. The summed E-state index contributed by atoms with van der Waals surface area (Å²) in [6.45, 7) is 7.83. The molecule has 0 N–H and O–H groups in total. The molecular formula is C16H21N3O. The summed E-state index contributed by atoms with van der Waals surface area (Å²) in [5.41, 5.74) is 1.67. The second kappa shape index (κ2) is 6.53. The van der Waals surface area contributed by atoms with Crippen LogP contribution in [-0.4, -0.2) is 47.9 Å². The monoisotopic (exact) mass is 271 g/mol. The van der Waals surface area contributed by atoms with E-state index in [0.29, 0.717) is 18.0 Å². The Morgan fingerprint density at radius 2 is 1.80 bits per heavy atom. The summed E-state index contributed by atoms with van der Waals surface area (Å²) in [7, 11) is 0. The molecule has 1 saturated heterocycles. The second-order valence-corrected chi connectivity index (χ2v) is 5.45. The van der Waals surface area contributed by atoms with Gasteiger partial charge in [0.25, 0.3) is 5.91 Å². The van der Waals surface area contributed by atoms with Gasteiger partial charge in [0.1, 0.15) is 0 Å². The quantitative estimate of drug-likeness (QED) is 0.844. The van der Waals surface area contributed by atoms with Crippen molar-refractivity contribution in [1.29, 1.82) is 5.26 Å². The smallest absolute Gasteiger partial charge is 0.253 e. The topological polar surface area (TPSA) is 47.3 Å². The summed E-state index contributed by atoms with van der Waals surface area (Å²) in [5.74, 6) is 0.0944. The normalized spacial score (nSPS) is 16.2. The number of benzene rings is 1. The molecule has 0 unspecified atom stereocenters. The van der Waals surface area contributed by atoms with Crippen LogP contribution in [-0.2, 0) is 6.42 Å². The number of amides is 1. The molecule has 0 saturated carbocycles. The van der Waals surface area contributed by atoms with E-state index in [1.165, 1.54) is 0 Å². The number of nitrogens with zero attached hydrogens (tertiary/aromatic N) is 3. The summed E-state index contributed by atoms with van der Waals surface area (Å²) in [6, 6.07) is 10.0. The lowest BCUT2D eigenvalue weighted by molar-refractivity contribution is 0.0595. The van der Waals surface area contributed by atoms with Crippen molar-refractivity contribution in [2.75, 3.05) is 26.2 Å². The fourth-order valence-corrected chi connectivity index (χ4v) is 2.48. The lowest BCUT2D eigenvalue weighted by atomic mass is 10.1. The summed E-state index contributed by atoms with van der Waals surface area (Å²) in [5, 5.41) is 8.64. The van der Waals surface area contributed by atoms with Gasteiger partial charge in [-0.3, -0.25) is 9.69 Å². The molecule has 4 heteroatoms. The van der Waals surface area contributed by atoms with Gasteiger partial charge >= 0.3 is 0 Å². The van der Waals surface area contributed by atoms with Crippen molar-refractivity contribution >= 4 is 5.91 Å². The van der Waals surface area contributed by atoms with Gasteiger partial charge in [0.2, 0.25) is 0 Å². The number of carbonyl (C=O) groups is 1. The minimum absolute atomic E-state index is 0.0944. The summed E-state index contributed by atoms with van der Waals surface area (Å²) >= 11 is 0. The average molecular weight is 271 g/mol. The van der Waals surface area contributed by atoms with Gasteiger partial charge in [-0.25, -0.2) is 0 Å². The van der Waals surface area contributed by atoms with Gasteiger partial charge in [0, 0.05) is 37.8 Å². The average Bonchev–Trinajstić information content (AvgIpc) is 2.48. The third-order valence-electron chi connectivity index (χ3n) is 3.82. The minimum atomic E-state index is 0.0944. The third-order valence-corrected chi connectivity index (χ3v) is 3.82. The zero-order valence-electron chi connectivity index (χ0n) is 12.2. The molecule has 2 rings (SSSR count). The van der Waals surface area contributed by atoms with Gasteiger partial charge < -0.3 is 4.90 Å². The summed E-state index contributed by atoms with van der Waals surface area (Å²) in [4.78, 5) is 16.7. The van der Waals surface area contributed by atoms with E-state index in [9.17, 15) is 4.79 Å². The first kappa shape index (κ1) is 14.5. The van der Waals surface area contributed by atoms with Gasteiger partial charge in [0.05, 0.1) is 12.5 Å². The Hall–Kier alpha value is -1.86. The van der Waals surface area contributed by atoms with Gasteiger partial charge in [0.15, 0.2) is 0 Å². The number of hydrogen-bond donors (Lipinski definition) is 0. The Labute approximate surface area is 120 Å². The maximum Gasteiger partial charge on any atom is 0.253 e. The van der Waals surface area contributed by atoms with Crippen molar-refractivity contribution < 1.29 is 4.79 Å². The van der Waals surface area contributed by atoms with E-state index >= 15 is 0 Å². The lowest BCUT2D eigenvalue weighted by Crippen LogP contribution is -2.50. The number of nitriles is 1. The highest BCUT2D eigenvalue weighted by molar-refractivity contribution is 5.94. The van der Waals surface area contributed by atoms with Crippen molar-refractivity contribution in [3.8, 4) is 6.07 Å². The molecule has 1 fully saturated rings. The molecule has 0 bridgehead atoms. The van der Waals surface area contributed by atoms with E-state index in [4.69, 9.17) is 5.26 Å². The van der Waals surface area contributed by atoms with E-state index in [0.717, 1.165) is 31.7 Å². The first-order valence-corrected chi connectivity index (χ1v) is 7.11. The van der Waals surface area contributed by atoms with Crippen molar-refractivity contribution in [2.24, 2.45) is 0 Å². The first-order valence-electron chi connectivity index (χ1n) is 7.11. The number of hydrogen-bond acceptors (Lipinski definition) is 3. The highest BCUT2D eigenvalue weighted by Crippen LogP contribution is 2.12. The van der Waals surface area contributed by atoms with E-state index in [-0.39, 0.29) is 5.91 Å². The molecule has 0 atom stereocenters. The molecule has 0 spiro atoms. The van der Waals surface area contributed by atoms with Crippen LogP contribution in [0.4, 0.5) is 0 Å². The molecule has 0 aliphatic carbocycles. The van der Waals surface area contributed by atoms with Crippen LogP contribution < -0.4 is 0 Å². The Bertz CT molecular complexity index is 493. The molecule has 0 radical (unpaired) electrons. The molecule has 0 aromatic heterocycles. The fraction of sp³-hybridized carbons (Fsp3) is 0.500. The van der Waals surface area contributed by atoms with Crippen LogP contribution in [0.25, 0.3) is 0 Å². The van der Waals surface area contributed by atoms with Crippen molar-refractivity contribution in [3.05, 3.63) is 35.4 Å². The van der Waals surface area contributed by atoms with Crippen LogP contribution in [0.2, 0.25) is 0 Å².